The second kappa shape index (κ2) is 10.4. The third-order valence-corrected chi connectivity index (χ3v) is 6.50. The van der Waals surface area contributed by atoms with Crippen molar-refractivity contribution in [1.82, 2.24) is 15.2 Å². The molecule has 6 nitrogen and oxygen atoms in total. The first kappa shape index (κ1) is 19.8. The van der Waals surface area contributed by atoms with Crippen molar-refractivity contribution in [2.75, 3.05) is 57.5 Å². The Morgan fingerprint density at radius 3 is 2.89 bits per heavy atom. The molecule has 1 aliphatic rings. The van der Waals surface area contributed by atoms with Crippen molar-refractivity contribution in [2.45, 2.75) is 10.8 Å². The lowest BCUT2D eigenvalue weighted by Gasteiger charge is -2.37. The fourth-order valence-corrected chi connectivity index (χ4v) is 4.68. The number of aromatic nitrogens is 1. The highest BCUT2D eigenvalue weighted by Crippen LogP contribution is 2.22. The molecular formula is C19H27N5OS2. The number of aliphatic imine (C=N–C) groups is 1. The average molecular weight is 406 g/mol. The lowest BCUT2D eigenvalue weighted by molar-refractivity contribution is 0.372. The summed E-state index contributed by atoms with van der Waals surface area (Å²) in [6, 6.07) is 8.28. The molecule has 3 rings (SSSR count). The van der Waals surface area contributed by atoms with Crippen LogP contribution in [-0.4, -0.2) is 68.5 Å². The van der Waals surface area contributed by atoms with Gasteiger partial charge in [0.05, 0.1) is 7.11 Å². The van der Waals surface area contributed by atoms with Gasteiger partial charge < -0.3 is 19.9 Å². The number of piperazine rings is 1. The molecule has 1 aliphatic heterocycles. The van der Waals surface area contributed by atoms with E-state index in [1.807, 2.05) is 42.5 Å². The monoisotopic (exact) mass is 405 g/mol. The third kappa shape index (κ3) is 5.77. The number of thioether (sulfide) groups is 1. The number of guanidine groups is 1. The van der Waals surface area contributed by atoms with Crippen molar-refractivity contribution in [3.8, 4) is 5.75 Å². The minimum absolute atomic E-state index is 0.906. The zero-order valence-corrected chi connectivity index (χ0v) is 17.6. The quantitative estimate of drug-likeness (QED) is 0.331. The second-order valence-corrected chi connectivity index (χ2v) is 8.39. The van der Waals surface area contributed by atoms with Crippen LogP contribution < -0.4 is 15.0 Å². The molecule has 2 heterocycles. The Morgan fingerprint density at radius 2 is 2.19 bits per heavy atom. The summed E-state index contributed by atoms with van der Waals surface area (Å²) in [4.78, 5) is 13.5. The molecule has 0 bridgehead atoms. The molecule has 0 unspecified atom stereocenters. The molecule has 1 saturated heterocycles. The minimum atomic E-state index is 0.906. The van der Waals surface area contributed by atoms with Crippen LogP contribution in [0.4, 0.5) is 5.69 Å². The Labute approximate surface area is 169 Å². The van der Waals surface area contributed by atoms with Crippen LogP contribution in [0.5, 0.6) is 5.75 Å². The van der Waals surface area contributed by atoms with E-state index in [9.17, 15) is 0 Å². The minimum Gasteiger partial charge on any atom is -0.497 e. The summed E-state index contributed by atoms with van der Waals surface area (Å²) in [5.74, 6) is 2.98. The largest absolute Gasteiger partial charge is 0.497 e. The molecule has 0 radical (unpaired) electrons. The van der Waals surface area contributed by atoms with E-state index in [1.54, 1.807) is 18.4 Å². The van der Waals surface area contributed by atoms with Gasteiger partial charge in [-0.2, -0.15) is 0 Å². The van der Waals surface area contributed by atoms with Gasteiger partial charge in [-0.25, -0.2) is 4.98 Å². The van der Waals surface area contributed by atoms with Crippen LogP contribution in [0, 0.1) is 0 Å². The number of benzene rings is 1. The van der Waals surface area contributed by atoms with Gasteiger partial charge in [-0.3, -0.25) is 4.99 Å². The Bertz CT molecular complexity index is 715. The molecule has 1 aromatic heterocycles. The van der Waals surface area contributed by atoms with E-state index in [2.05, 4.69) is 37.2 Å². The van der Waals surface area contributed by atoms with Gasteiger partial charge in [0, 0.05) is 68.9 Å². The van der Waals surface area contributed by atoms with E-state index in [4.69, 9.17) is 4.74 Å². The molecule has 0 spiro atoms. The second-order valence-electron chi connectivity index (χ2n) is 6.15. The summed E-state index contributed by atoms with van der Waals surface area (Å²) < 4.78 is 6.49. The van der Waals surface area contributed by atoms with Gasteiger partial charge in [0.2, 0.25) is 0 Å². The summed E-state index contributed by atoms with van der Waals surface area (Å²) in [7, 11) is 3.57. The number of hydrogen-bond acceptors (Lipinski definition) is 6. The Kier molecular flexibility index (Phi) is 7.65. The molecule has 1 N–H and O–H groups in total. The zero-order chi connectivity index (χ0) is 18.9. The van der Waals surface area contributed by atoms with Crippen molar-refractivity contribution in [3.05, 3.63) is 35.8 Å². The maximum Gasteiger partial charge on any atom is 0.193 e. The molecule has 0 amide bonds. The summed E-state index contributed by atoms with van der Waals surface area (Å²) in [6.07, 6.45) is 2.95. The first-order valence-electron chi connectivity index (χ1n) is 9.17. The predicted octanol–water partition coefficient (Wildman–Crippen LogP) is 3.03. The molecule has 8 heteroatoms. The molecule has 2 aromatic rings. The van der Waals surface area contributed by atoms with Crippen molar-refractivity contribution in [2.24, 2.45) is 4.99 Å². The standard InChI is InChI=1S/C19H27N5OS2/c1-20-18(21-7-4-13-26-19-22-8-14-27-19)24-11-9-23(10-12-24)16-5-3-6-17(15-16)25-2/h3,5-6,8,14-15H,4,7,9-13H2,1-2H3,(H,20,21). The molecule has 1 aromatic carbocycles. The van der Waals surface area contributed by atoms with Crippen molar-refractivity contribution in [3.63, 3.8) is 0 Å². The smallest absolute Gasteiger partial charge is 0.193 e. The van der Waals surface area contributed by atoms with E-state index in [0.29, 0.717) is 0 Å². The zero-order valence-electron chi connectivity index (χ0n) is 15.9. The molecule has 0 atom stereocenters. The highest BCUT2D eigenvalue weighted by Gasteiger charge is 2.19. The van der Waals surface area contributed by atoms with Gasteiger partial charge in [0.15, 0.2) is 5.96 Å². The Balaban J connectivity index is 1.40. The molecule has 0 saturated carbocycles. The molecule has 0 aliphatic carbocycles. The van der Waals surface area contributed by atoms with Gasteiger partial charge in [-0.1, -0.05) is 17.8 Å². The van der Waals surface area contributed by atoms with Crippen molar-refractivity contribution in [1.29, 1.82) is 0 Å². The van der Waals surface area contributed by atoms with Crippen molar-refractivity contribution >= 4 is 34.7 Å². The number of anilines is 1. The maximum absolute atomic E-state index is 5.34. The number of rotatable bonds is 7. The fourth-order valence-electron chi connectivity index (χ4n) is 3.03. The van der Waals surface area contributed by atoms with Crippen LogP contribution in [-0.2, 0) is 0 Å². The van der Waals surface area contributed by atoms with Crippen LogP contribution in [0.15, 0.2) is 45.2 Å². The van der Waals surface area contributed by atoms with E-state index in [1.165, 1.54) is 5.69 Å². The van der Waals surface area contributed by atoms with Crippen LogP contribution >= 0.6 is 23.1 Å². The van der Waals surface area contributed by atoms with Gasteiger partial charge in [0.25, 0.3) is 0 Å². The summed E-state index contributed by atoms with van der Waals surface area (Å²) >= 11 is 3.52. The lowest BCUT2D eigenvalue weighted by atomic mass is 10.2. The highest BCUT2D eigenvalue weighted by atomic mass is 32.2. The van der Waals surface area contributed by atoms with Gasteiger partial charge >= 0.3 is 0 Å². The predicted molar refractivity (Wildman–Crippen MR) is 116 cm³/mol. The number of nitrogens with zero attached hydrogens (tertiary/aromatic N) is 4. The SMILES string of the molecule is CN=C(NCCCSc1nccs1)N1CCN(c2cccc(OC)c2)CC1. The highest BCUT2D eigenvalue weighted by molar-refractivity contribution is 8.00. The van der Waals surface area contributed by atoms with Crippen molar-refractivity contribution < 1.29 is 4.74 Å². The van der Waals surface area contributed by atoms with Gasteiger partial charge in [-0.05, 0) is 18.6 Å². The Morgan fingerprint density at radius 1 is 1.33 bits per heavy atom. The lowest BCUT2D eigenvalue weighted by Crippen LogP contribution is -2.52. The average Bonchev–Trinajstić information content (AvgIpc) is 3.24. The van der Waals surface area contributed by atoms with E-state index in [-0.39, 0.29) is 0 Å². The maximum atomic E-state index is 5.34. The van der Waals surface area contributed by atoms with Crippen LogP contribution in [0.1, 0.15) is 6.42 Å². The Hall–Kier alpha value is -1.93. The first-order chi connectivity index (χ1) is 13.3. The topological polar surface area (TPSA) is 53.0 Å². The van der Waals surface area contributed by atoms with E-state index < -0.39 is 0 Å². The summed E-state index contributed by atoms with van der Waals surface area (Å²) in [6.45, 7) is 4.82. The fraction of sp³-hybridized carbons (Fsp3) is 0.474. The third-order valence-electron chi connectivity index (χ3n) is 4.45. The molecule has 27 heavy (non-hydrogen) atoms. The van der Waals surface area contributed by atoms with E-state index >= 15 is 0 Å². The van der Waals surface area contributed by atoms with Gasteiger partial charge in [0.1, 0.15) is 10.1 Å². The number of ether oxygens (including phenoxy) is 1. The number of thiazole rings is 1. The normalized spacial score (nSPS) is 15.1. The van der Waals surface area contributed by atoms with Crippen LogP contribution in [0.25, 0.3) is 0 Å². The molecule has 1 fully saturated rings. The molecule has 146 valence electrons. The number of hydrogen-bond donors (Lipinski definition) is 1. The van der Waals surface area contributed by atoms with Crippen LogP contribution in [0.2, 0.25) is 0 Å². The van der Waals surface area contributed by atoms with Gasteiger partial charge in [-0.15, -0.1) is 11.3 Å². The summed E-state index contributed by atoms with van der Waals surface area (Å²) in [5, 5.41) is 5.52. The number of methoxy groups -OCH3 is 1. The van der Waals surface area contributed by atoms with Crippen LogP contribution in [0.3, 0.4) is 0 Å². The number of nitrogens with one attached hydrogen (secondary N) is 1. The summed E-state index contributed by atoms with van der Waals surface area (Å²) in [5.41, 5.74) is 1.22. The first-order valence-corrected chi connectivity index (χ1v) is 11.0. The molecular weight excluding hydrogens is 378 g/mol. The van der Waals surface area contributed by atoms with E-state index in [0.717, 1.165) is 60.9 Å².